The Hall–Kier alpha value is -1.26. The molecule has 1 aromatic carbocycles. The van der Waals surface area contributed by atoms with E-state index in [4.69, 9.17) is 9.47 Å². The van der Waals surface area contributed by atoms with Crippen LogP contribution in [0.4, 0.5) is 0 Å². The summed E-state index contributed by atoms with van der Waals surface area (Å²) in [5.41, 5.74) is 3.00. The van der Waals surface area contributed by atoms with Crippen LogP contribution in [0, 0.1) is 13.8 Å². The molecule has 1 aliphatic rings. The first-order valence-corrected chi connectivity index (χ1v) is 5.37. The topological polar surface area (TPSA) is 50.7 Å². The number of likely N-dealkylation sites (N-methyl/N-ethyl adjacent to an activating group) is 1. The van der Waals surface area contributed by atoms with E-state index >= 15 is 0 Å². The maximum Gasteiger partial charge on any atom is 0.231 e. The molecule has 0 saturated carbocycles. The van der Waals surface area contributed by atoms with Crippen LogP contribution in [0.5, 0.6) is 11.5 Å². The van der Waals surface area contributed by atoms with Gasteiger partial charge in [-0.1, -0.05) is 0 Å². The predicted molar refractivity (Wildman–Crippen MR) is 60.9 cm³/mol. The minimum atomic E-state index is -0.516. The first-order valence-electron chi connectivity index (χ1n) is 5.37. The van der Waals surface area contributed by atoms with Crippen LogP contribution in [-0.2, 0) is 0 Å². The van der Waals surface area contributed by atoms with Gasteiger partial charge in [-0.25, -0.2) is 0 Å². The third-order valence-corrected chi connectivity index (χ3v) is 3.02. The number of hydrogen-bond donors (Lipinski definition) is 2. The van der Waals surface area contributed by atoms with Gasteiger partial charge in [0.1, 0.15) is 0 Å². The van der Waals surface area contributed by atoms with Gasteiger partial charge < -0.3 is 19.9 Å². The maximum atomic E-state index is 10.00. The van der Waals surface area contributed by atoms with Crippen molar-refractivity contribution in [3.63, 3.8) is 0 Å². The van der Waals surface area contributed by atoms with E-state index in [0.29, 0.717) is 6.54 Å². The quantitative estimate of drug-likeness (QED) is 0.810. The van der Waals surface area contributed by atoms with E-state index in [-0.39, 0.29) is 6.79 Å². The molecular formula is C12H17NO3. The fourth-order valence-electron chi connectivity index (χ4n) is 1.97. The summed E-state index contributed by atoms with van der Waals surface area (Å²) in [5, 5.41) is 13.0. The highest BCUT2D eigenvalue weighted by Crippen LogP contribution is 2.40. The van der Waals surface area contributed by atoms with Crippen LogP contribution in [0.25, 0.3) is 0 Å². The number of aliphatic hydroxyl groups excluding tert-OH is 1. The van der Waals surface area contributed by atoms with Crippen molar-refractivity contribution in [1.29, 1.82) is 0 Å². The van der Waals surface area contributed by atoms with Crippen molar-refractivity contribution in [2.75, 3.05) is 20.4 Å². The summed E-state index contributed by atoms with van der Waals surface area (Å²) in [6.07, 6.45) is -0.516. The van der Waals surface area contributed by atoms with Crippen LogP contribution < -0.4 is 14.8 Å². The van der Waals surface area contributed by atoms with Gasteiger partial charge >= 0.3 is 0 Å². The minimum absolute atomic E-state index is 0.265. The van der Waals surface area contributed by atoms with Gasteiger partial charge in [-0.2, -0.15) is 0 Å². The average Bonchev–Trinajstić information content (AvgIpc) is 2.71. The molecule has 1 heterocycles. The highest BCUT2D eigenvalue weighted by molar-refractivity contribution is 5.55. The molecule has 2 N–H and O–H groups in total. The molecule has 0 bridgehead atoms. The van der Waals surface area contributed by atoms with Crippen LogP contribution in [0.3, 0.4) is 0 Å². The molecule has 0 fully saturated rings. The molecule has 1 atom stereocenters. The smallest absolute Gasteiger partial charge is 0.231 e. The molecular weight excluding hydrogens is 206 g/mol. The van der Waals surface area contributed by atoms with Crippen LogP contribution in [0.2, 0.25) is 0 Å². The molecule has 0 radical (unpaired) electrons. The second-order valence-electron chi connectivity index (χ2n) is 4.02. The van der Waals surface area contributed by atoms with Crippen molar-refractivity contribution < 1.29 is 14.6 Å². The van der Waals surface area contributed by atoms with Crippen molar-refractivity contribution in [2.45, 2.75) is 20.0 Å². The van der Waals surface area contributed by atoms with Crippen LogP contribution >= 0.6 is 0 Å². The van der Waals surface area contributed by atoms with E-state index in [1.54, 1.807) is 0 Å². The largest absolute Gasteiger partial charge is 0.454 e. The normalized spacial score (nSPS) is 15.2. The monoisotopic (exact) mass is 223 g/mol. The van der Waals surface area contributed by atoms with E-state index in [2.05, 4.69) is 5.32 Å². The van der Waals surface area contributed by atoms with Gasteiger partial charge in [0.05, 0.1) is 6.10 Å². The Bertz CT molecular complexity index is 404. The van der Waals surface area contributed by atoms with Crippen LogP contribution in [0.15, 0.2) is 6.07 Å². The Kier molecular flexibility index (Phi) is 3.03. The minimum Gasteiger partial charge on any atom is -0.454 e. The van der Waals surface area contributed by atoms with Gasteiger partial charge in [0.25, 0.3) is 0 Å². The molecule has 0 aromatic heterocycles. The van der Waals surface area contributed by atoms with Crippen molar-refractivity contribution in [3.8, 4) is 11.5 Å². The van der Waals surface area contributed by atoms with E-state index in [1.165, 1.54) is 0 Å². The van der Waals surface area contributed by atoms with E-state index in [9.17, 15) is 5.11 Å². The summed E-state index contributed by atoms with van der Waals surface area (Å²) in [7, 11) is 1.82. The van der Waals surface area contributed by atoms with Crippen molar-refractivity contribution in [2.24, 2.45) is 0 Å². The van der Waals surface area contributed by atoms with Crippen molar-refractivity contribution in [3.05, 3.63) is 22.8 Å². The van der Waals surface area contributed by atoms with Gasteiger partial charge in [-0.3, -0.25) is 0 Å². The maximum absolute atomic E-state index is 10.00. The van der Waals surface area contributed by atoms with E-state index in [1.807, 2.05) is 27.0 Å². The van der Waals surface area contributed by atoms with Gasteiger partial charge in [0, 0.05) is 6.54 Å². The predicted octanol–water partition coefficient (Wildman–Crippen LogP) is 1.28. The van der Waals surface area contributed by atoms with E-state index < -0.39 is 6.10 Å². The number of aliphatic hydroxyl groups is 1. The van der Waals surface area contributed by atoms with Crippen molar-refractivity contribution in [1.82, 2.24) is 5.32 Å². The second kappa shape index (κ2) is 4.31. The summed E-state index contributed by atoms with van der Waals surface area (Å²) in [6.45, 7) is 4.77. The van der Waals surface area contributed by atoms with Gasteiger partial charge in [-0.05, 0) is 43.7 Å². The molecule has 88 valence electrons. The summed E-state index contributed by atoms with van der Waals surface area (Å²) in [4.78, 5) is 0. The fourth-order valence-corrected chi connectivity index (χ4v) is 1.97. The molecule has 0 amide bonds. The van der Waals surface area contributed by atoms with Gasteiger partial charge in [0.15, 0.2) is 11.5 Å². The zero-order chi connectivity index (χ0) is 11.7. The lowest BCUT2D eigenvalue weighted by Gasteiger charge is -2.16. The molecule has 4 heteroatoms. The first-order chi connectivity index (χ1) is 7.65. The number of hydrogen-bond acceptors (Lipinski definition) is 4. The standard InChI is InChI=1S/C12H17NO3/c1-7-8(2)12-11(15-6-16-12)4-9(7)10(14)5-13-3/h4,10,13-14H,5-6H2,1-3H3. The number of ether oxygens (including phenoxy) is 2. The average molecular weight is 223 g/mol. The lowest BCUT2D eigenvalue weighted by molar-refractivity contribution is 0.171. The third-order valence-electron chi connectivity index (χ3n) is 3.02. The third kappa shape index (κ3) is 1.74. The second-order valence-corrected chi connectivity index (χ2v) is 4.02. The molecule has 2 rings (SSSR count). The summed E-state index contributed by atoms with van der Waals surface area (Å²) in [5.74, 6) is 1.53. The molecule has 1 aliphatic heterocycles. The molecule has 0 aliphatic carbocycles. The van der Waals surface area contributed by atoms with Crippen LogP contribution in [-0.4, -0.2) is 25.5 Å². The Balaban J connectivity index is 2.43. The highest BCUT2D eigenvalue weighted by Gasteiger charge is 2.22. The van der Waals surface area contributed by atoms with Gasteiger partial charge in [-0.15, -0.1) is 0 Å². The molecule has 16 heavy (non-hydrogen) atoms. The lowest BCUT2D eigenvalue weighted by atomic mass is 9.97. The van der Waals surface area contributed by atoms with Gasteiger partial charge in [0.2, 0.25) is 6.79 Å². The Morgan fingerprint density at radius 2 is 2.12 bits per heavy atom. The zero-order valence-corrected chi connectivity index (χ0v) is 9.83. The first kappa shape index (κ1) is 11.2. The number of fused-ring (bicyclic) bond motifs is 1. The Morgan fingerprint density at radius 3 is 2.81 bits per heavy atom. The summed E-state index contributed by atoms with van der Waals surface area (Å²) < 4.78 is 10.7. The SMILES string of the molecule is CNCC(O)c1cc2c(c(C)c1C)OCO2. The molecule has 4 nitrogen and oxygen atoms in total. The van der Waals surface area contributed by atoms with Crippen LogP contribution in [0.1, 0.15) is 22.8 Å². The van der Waals surface area contributed by atoms with E-state index in [0.717, 1.165) is 28.2 Å². The summed E-state index contributed by atoms with van der Waals surface area (Å²) >= 11 is 0. The molecule has 1 aromatic rings. The summed E-state index contributed by atoms with van der Waals surface area (Å²) in [6, 6.07) is 1.87. The highest BCUT2D eigenvalue weighted by atomic mass is 16.7. The number of nitrogens with one attached hydrogen (secondary N) is 1. The number of rotatable bonds is 3. The molecule has 1 unspecified atom stereocenters. The lowest BCUT2D eigenvalue weighted by Crippen LogP contribution is -2.17. The zero-order valence-electron chi connectivity index (χ0n) is 9.83. The fraction of sp³-hybridized carbons (Fsp3) is 0.500. The molecule has 0 saturated heterocycles. The molecule has 0 spiro atoms. The Labute approximate surface area is 95.2 Å². The van der Waals surface area contributed by atoms with Crippen molar-refractivity contribution >= 4 is 0 Å². The number of benzene rings is 1. The Morgan fingerprint density at radius 1 is 1.38 bits per heavy atom.